The van der Waals surface area contributed by atoms with Crippen molar-refractivity contribution in [3.63, 3.8) is 0 Å². The molecule has 1 aromatic carbocycles. The van der Waals surface area contributed by atoms with E-state index in [1.54, 1.807) is 0 Å². The molecule has 1 amide bonds. The Bertz CT molecular complexity index is 296. The van der Waals surface area contributed by atoms with Gasteiger partial charge in [-0.3, -0.25) is 4.79 Å². The Morgan fingerprint density at radius 3 is 2.47 bits per heavy atom. The molecule has 2 N–H and O–H groups in total. The summed E-state index contributed by atoms with van der Waals surface area (Å²) in [5.74, 6) is 0.159. The first kappa shape index (κ1) is 11.6. The Balaban J connectivity index is 2.15. The highest BCUT2D eigenvalue weighted by molar-refractivity contribution is 5.77. The van der Waals surface area contributed by atoms with Gasteiger partial charge in [0.15, 0.2) is 0 Å². The van der Waals surface area contributed by atoms with Crippen LogP contribution in [0.3, 0.4) is 0 Å². The second-order valence-electron chi connectivity index (χ2n) is 3.74. The predicted octanol–water partition coefficient (Wildman–Crippen LogP) is 1.87. The fourth-order valence-electron chi connectivity index (χ4n) is 1.15. The largest absolute Gasteiger partial charge is 0.383 e. The smallest absolute Gasteiger partial charge is 0.222 e. The summed E-state index contributed by atoms with van der Waals surface area (Å²) in [6, 6.07) is 9.95. The lowest BCUT2D eigenvalue weighted by atomic mass is 10.2. The van der Waals surface area contributed by atoms with E-state index in [-0.39, 0.29) is 11.8 Å². The third kappa shape index (κ3) is 4.49. The van der Waals surface area contributed by atoms with Crippen molar-refractivity contribution in [2.75, 3.05) is 18.4 Å². The topological polar surface area (TPSA) is 41.1 Å². The lowest BCUT2D eigenvalue weighted by Crippen LogP contribution is -2.31. The molecule has 1 aromatic rings. The van der Waals surface area contributed by atoms with Crippen LogP contribution in [0.1, 0.15) is 13.8 Å². The minimum absolute atomic E-state index is 0.0572. The van der Waals surface area contributed by atoms with E-state index in [1.807, 2.05) is 44.2 Å². The Morgan fingerprint density at radius 2 is 1.87 bits per heavy atom. The molecule has 82 valence electrons. The molecule has 3 nitrogen and oxygen atoms in total. The summed E-state index contributed by atoms with van der Waals surface area (Å²) >= 11 is 0. The lowest BCUT2D eigenvalue weighted by molar-refractivity contribution is -0.123. The summed E-state index contributed by atoms with van der Waals surface area (Å²) in [7, 11) is 0. The molecule has 0 aliphatic carbocycles. The third-order valence-corrected chi connectivity index (χ3v) is 2.05. The normalized spacial score (nSPS) is 10.1. The first-order valence-corrected chi connectivity index (χ1v) is 5.27. The number of benzene rings is 1. The average Bonchev–Trinajstić information content (AvgIpc) is 2.25. The van der Waals surface area contributed by atoms with Crippen LogP contribution in [0.2, 0.25) is 0 Å². The van der Waals surface area contributed by atoms with Gasteiger partial charge in [-0.15, -0.1) is 0 Å². The summed E-state index contributed by atoms with van der Waals surface area (Å²) < 4.78 is 0. The average molecular weight is 206 g/mol. The second kappa shape index (κ2) is 6.06. The maximum Gasteiger partial charge on any atom is 0.222 e. The summed E-state index contributed by atoms with van der Waals surface area (Å²) in [5, 5.41) is 6.08. The molecule has 3 heteroatoms. The number of nitrogens with one attached hydrogen (secondary N) is 2. The van der Waals surface area contributed by atoms with E-state index >= 15 is 0 Å². The van der Waals surface area contributed by atoms with Crippen molar-refractivity contribution in [1.82, 2.24) is 5.32 Å². The number of rotatable bonds is 5. The Kier molecular flexibility index (Phi) is 4.68. The van der Waals surface area contributed by atoms with Gasteiger partial charge in [0.05, 0.1) is 0 Å². The van der Waals surface area contributed by atoms with Crippen LogP contribution in [-0.4, -0.2) is 19.0 Å². The quantitative estimate of drug-likeness (QED) is 0.722. The van der Waals surface area contributed by atoms with Gasteiger partial charge < -0.3 is 10.6 Å². The SMILES string of the molecule is CC(C)C(=O)NCCNc1ccccc1. The van der Waals surface area contributed by atoms with Crippen LogP contribution in [0.15, 0.2) is 30.3 Å². The minimum Gasteiger partial charge on any atom is -0.383 e. The van der Waals surface area contributed by atoms with Gasteiger partial charge in [0, 0.05) is 24.7 Å². The molecule has 0 fully saturated rings. The molecular weight excluding hydrogens is 188 g/mol. The van der Waals surface area contributed by atoms with Crippen molar-refractivity contribution in [2.45, 2.75) is 13.8 Å². The van der Waals surface area contributed by atoms with Crippen LogP contribution in [0.5, 0.6) is 0 Å². The van der Waals surface area contributed by atoms with Gasteiger partial charge in [-0.25, -0.2) is 0 Å². The van der Waals surface area contributed by atoms with Gasteiger partial charge in [0.25, 0.3) is 0 Å². The Morgan fingerprint density at radius 1 is 1.20 bits per heavy atom. The van der Waals surface area contributed by atoms with Crippen molar-refractivity contribution < 1.29 is 4.79 Å². The summed E-state index contributed by atoms with van der Waals surface area (Å²) in [6.45, 7) is 5.19. The number of carbonyl (C=O) groups is 1. The number of anilines is 1. The second-order valence-corrected chi connectivity index (χ2v) is 3.74. The lowest BCUT2D eigenvalue weighted by Gasteiger charge is -2.09. The maximum absolute atomic E-state index is 11.2. The van der Waals surface area contributed by atoms with Crippen LogP contribution < -0.4 is 10.6 Å². The van der Waals surface area contributed by atoms with Crippen LogP contribution in [0.25, 0.3) is 0 Å². The molecule has 0 spiro atoms. The van der Waals surface area contributed by atoms with E-state index in [0.29, 0.717) is 6.54 Å². The molecule has 0 bridgehead atoms. The fraction of sp³-hybridized carbons (Fsp3) is 0.417. The van der Waals surface area contributed by atoms with Crippen LogP contribution in [-0.2, 0) is 4.79 Å². The van der Waals surface area contributed by atoms with Gasteiger partial charge >= 0.3 is 0 Å². The summed E-state index contributed by atoms with van der Waals surface area (Å²) in [6.07, 6.45) is 0. The molecule has 15 heavy (non-hydrogen) atoms. The zero-order valence-electron chi connectivity index (χ0n) is 9.29. The zero-order valence-corrected chi connectivity index (χ0v) is 9.29. The minimum atomic E-state index is 0.0572. The van der Waals surface area contributed by atoms with E-state index in [9.17, 15) is 4.79 Å². The molecule has 0 aliphatic rings. The van der Waals surface area contributed by atoms with E-state index in [0.717, 1.165) is 12.2 Å². The van der Waals surface area contributed by atoms with Crippen molar-refractivity contribution in [3.8, 4) is 0 Å². The number of carbonyl (C=O) groups excluding carboxylic acids is 1. The first-order valence-electron chi connectivity index (χ1n) is 5.27. The van der Waals surface area contributed by atoms with Crippen LogP contribution in [0.4, 0.5) is 5.69 Å². The standard InChI is InChI=1S/C12H18N2O/c1-10(2)12(15)14-9-8-13-11-6-4-3-5-7-11/h3-7,10,13H,8-9H2,1-2H3,(H,14,15). The number of hydrogen-bond donors (Lipinski definition) is 2. The van der Waals surface area contributed by atoms with Gasteiger partial charge in [0.2, 0.25) is 5.91 Å². The molecule has 0 aromatic heterocycles. The molecule has 0 atom stereocenters. The molecule has 0 saturated carbocycles. The van der Waals surface area contributed by atoms with E-state index in [1.165, 1.54) is 0 Å². The molecule has 1 rings (SSSR count). The van der Waals surface area contributed by atoms with E-state index in [2.05, 4.69) is 10.6 Å². The van der Waals surface area contributed by atoms with E-state index in [4.69, 9.17) is 0 Å². The maximum atomic E-state index is 11.2. The van der Waals surface area contributed by atoms with Gasteiger partial charge in [-0.2, -0.15) is 0 Å². The molecule has 0 aliphatic heterocycles. The van der Waals surface area contributed by atoms with Crippen molar-refractivity contribution >= 4 is 11.6 Å². The highest BCUT2D eigenvalue weighted by Gasteiger charge is 2.04. The Hall–Kier alpha value is -1.51. The molecular formula is C12H18N2O. The van der Waals surface area contributed by atoms with Crippen molar-refractivity contribution in [1.29, 1.82) is 0 Å². The van der Waals surface area contributed by atoms with Crippen LogP contribution >= 0.6 is 0 Å². The predicted molar refractivity (Wildman–Crippen MR) is 62.8 cm³/mol. The van der Waals surface area contributed by atoms with Crippen molar-refractivity contribution in [2.24, 2.45) is 5.92 Å². The zero-order chi connectivity index (χ0) is 11.1. The van der Waals surface area contributed by atoms with Crippen LogP contribution in [0, 0.1) is 5.92 Å². The van der Waals surface area contributed by atoms with Gasteiger partial charge in [0.1, 0.15) is 0 Å². The van der Waals surface area contributed by atoms with Gasteiger partial charge in [-0.05, 0) is 12.1 Å². The Labute approximate surface area is 90.9 Å². The molecule has 0 radical (unpaired) electrons. The van der Waals surface area contributed by atoms with Gasteiger partial charge in [-0.1, -0.05) is 32.0 Å². The molecule has 0 unspecified atom stereocenters. The molecule has 0 heterocycles. The highest BCUT2D eigenvalue weighted by atomic mass is 16.1. The number of hydrogen-bond acceptors (Lipinski definition) is 2. The van der Waals surface area contributed by atoms with Crippen molar-refractivity contribution in [3.05, 3.63) is 30.3 Å². The number of amides is 1. The van der Waals surface area contributed by atoms with E-state index < -0.39 is 0 Å². The highest BCUT2D eigenvalue weighted by Crippen LogP contribution is 2.03. The first-order chi connectivity index (χ1) is 7.20. The third-order valence-electron chi connectivity index (χ3n) is 2.05. The monoisotopic (exact) mass is 206 g/mol. The fourth-order valence-corrected chi connectivity index (χ4v) is 1.15. The molecule has 0 saturated heterocycles. The summed E-state index contributed by atoms with van der Waals surface area (Å²) in [4.78, 5) is 11.2. The summed E-state index contributed by atoms with van der Waals surface area (Å²) in [5.41, 5.74) is 1.08. The number of para-hydroxylation sites is 1.